The zero-order chi connectivity index (χ0) is 10.7. The first kappa shape index (κ1) is 11.4. The van der Waals surface area contributed by atoms with Crippen LogP contribution in [0.2, 0.25) is 0 Å². The summed E-state index contributed by atoms with van der Waals surface area (Å²) in [7, 11) is 0. The lowest BCUT2D eigenvalue weighted by Crippen LogP contribution is -2.41. The molecule has 4 heteroatoms. The molecule has 1 amide bonds. The molecule has 0 bridgehead atoms. The van der Waals surface area contributed by atoms with Gasteiger partial charge in [-0.05, 0) is 32.4 Å². The third-order valence-electron chi connectivity index (χ3n) is 3.54. The topological polar surface area (TPSA) is 23.6 Å². The summed E-state index contributed by atoms with van der Waals surface area (Å²) in [5, 5.41) is 0.472. The quantitative estimate of drug-likeness (QED) is 0.712. The summed E-state index contributed by atoms with van der Waals surface area (Å²) in [5.74, 6) is 0.245. The molecule has 0 aromatic rings. The van der Waals surface area contributed by atoms with E-state index in [0.29, 0.717) is 11.4 Å². The molecule has 2 aliphatic heterocycles. The van der Waals surface area contributed by atoms with Gasteiger partial charge < -0.3 is 4.90 Å². The minimum absolute atomic E-state index is 0.245. The molecule has 2 aliphatic rings. The lowest BCUT2D eigenvalue weighted by molar-refractivity contribution is -0.127. The lowest BCUT2D eigenvalue weighted by Gasteiger charge is -2.32. The minimum Gasteiger partial charge on any atom is -0.340 e. The van der Waals surface area contributed by atoms with Gasteiger partial charge in [0.25, 0.3) is 0 Å². The second-order valence-corrected chi connectivity index (χ2v) is 5.07. The van der Waals surface area contributed by atoms with E-state index in [1.165, 1.54) is 38.8 Å². The lowest BCUT2D eigenvalue weighted by atomic mass is 10.1. The third-order valence-corrected chi connectivity index (χ3v) is 4.02. The Labute approximate surface area is 99.9 Å². The van der Waals surface area contributed by atoms with Crippen LogP contribution in [0.5, 0.6) is 0 Å². The number of carbonyl (C=O) groups excluding carboxylic acids is 1. The number of halogens is 1. The molecule has 2 heterocycles. The SMILES string of the molecule is O=C(CBr)N1CCC(N2CCCCC2)C1. The summed E-state index contributed by atoms with van der Waals surface area (Å²) in [6.45, 7) is 4.37. The largest absolute Gasteiger partial charge is 0.340 e. The Kier molecular flexibility index (Phi) is 4.03. The maximum atomic E-state index is 11.5. The van der Waals surface area contributed by atoms with Crippen LogP contribution in [0, 0.1) is 0 Å². The van der Waals surface area contributed by atoms with Crippen LogP contribution in [-0.2, 0) is 4.79 Å². The maximum absolute atomic E-state index is 11.5. The molecular formula is C11H19BrN2O. The van der Waals surface area contributed by atoms with Gasteiger partial charge in [-0.15, -0.1) is 0 Å². The molecule has 0 aromatic heterocycles. The Balaban J connectivity index is 1.83. The molecule has 86 valence electrons. The first-order valence-corrected chi connectivity index (χ1v) is 7.01. The Morgan fingerprint density at radius 1 is 1.20 bits per heavy atom. The van der Waals surface area contributed by atoms with Crippen LogP contribution in [-0.4, -0.2) is 53.3 Å². The van der Waals surface area contributed by atoms with E-state index < -0.39 is 0 Å². The van der Waals surface area contributed by atoms with Gasteiger partial charge in [-0.2, -0.15) is 0 Å². The van der Waals surface area contributed by atoms with Crippen LogP contribution < -0.4 is 0 Å². The molecule has 1 unspecified atom stereocenters. The van der Waals surface area contributed by atoms with Crippen LogP contribution in [0.15, 0.2) is 0 Å². The molecule has 1 atom stereocenters. The van der Waals surface area contributed by atoms with E-state index in [2.05, 4.69) is 20.8 Å². The first-order chi connectivity index (χ1) is 7.31. The Morgan fingerprint density at radius 2 is 1.93 bits per heavy atom. The van der Waals surface area contributed by atoms with Gasteiger partial charge in [-0.25, -0.2) is 0 Å². The van der Waals surface area contributed by atoms with E-state index in [1.807, 2.05) is 4.90 Å². The van der Waals surface area contributed by atoms with Crippen molar-refractivity contribution in [3.63, 3.8) is 0 Å². The summed E-state index contributed by atoms with van der Waals surface area (Å²) in [6, 6.07) is 0.633. The van der Waals surface area contributed by atoms with E-state index >= 15 is 0 Å². The van der Waals surface area contributed by atoms with Crippen molar-refractivity contribution in [1.29, 1.82) is 0 Å². The van der Waals surface area contributed by atoms with Crippen LogP contribution in [0.25, 0.3) is 0 Å². The summed E-state index contributed by atoms with van der Waals surface area (Å²) in [5.41, 5.74) is 0. The molecule has 2 rings (SSSR count). The normalized spacial score (nSPS) is 28.3. The van der Waals surface area contributed by atoms with Crippen molar-refractivity contribution in [3.8, 4) is 0 Å². The Hall–Kier alpha value is -0.0900. The van der Waals surface area contributed by atoms with Gasteiger partial charge in [0, 0.05) is 19.1 Å². The second-order valence-electron chi connectivity index (χ2n) is 4.51. The maximum Gasteiger partial charge on any atom is 0.233 e. The molecular weight excluding hydrogens is 256 g/mol. The van der Waals surface area contributed by atoms with Gasteiger partial charge in [0.1, 0.15) is 0 Å². The van der Waals surface area contributed by atoms with Crippen LogP contribution in [0.3, 0.4) is 0 Å². The predicted octanol–water partition coefficient (Wildman–Crippen LogP) is 1.47. The highest BCUT2D eigenvalue weighted by molar-refractivity contribution is 9.09. The minimum atomic E-state index is 0.245. The molecule has 15 heavy (non-hydrogen) atoms. The predicted molar refractivity (Wildman–Crippen MR) is 64.2 cm³/mol. The van der Waals surface area contributed by atoms with Gasteiger partial charge in [-0.1, -0.05) is 22.4 Å². The Bertz CT molecular complexity index is 229. The molecule has 0 saturated carbocycles. The number of likely N-dealkylation sites (tertiary alicyclic amines) is 2. The van der Waals surface area contributed by atoms with E-state index in [9.17, 15) is 4.79 Å². The summed E-state index contributed by atoms with van der Waals surface area (Å²) >= 11 is 3.24. The fourth-order valence-electron chi connectivity index (χ4n) is 2.63. The fraction of sp³-hybridized carbons (Fsp3) is 0.909. The summed E-state index contributed by atoms with van der Waals surface area (Å²) < 4.78 is 0. The third kappa shape index (κ3) is 2.72. The van der Waals surface area contributed by atoms with Crippen molar-refractivity contribution in [2.45, 2.75) is 31.7 Å². The van der Waals surface area contributed by atoms with Crippen LogP contribution >= 0.6 is 15.9 Å². The highest BCUT2D eigenvalue weighted by Crippen LogP contribution is 2.20. The molecule has 2 fully saturated rings. The van der Waals surface area contributed by atoms with Gasteiger partial charge in [0.05, 0.1) is 5.33 Å². The van der Waals surface area contributed by atoms with Crippen molar-refractivity contribution < 1.29 is 4.79 Å². The van der Waals surface area contributed by atoms with Crippen molar-refractivity contribution in [3.05, 3.63) is 0 Å². The molecule has 3 nitrogen and oxygen atoms in total. The molecule has 0 radical (unpaired) electrons. The van der Waals surface area contributed by atoms with Crippen LogP contribution in [0.4, 0.5) is 0 Å². The zero-order valence-corrected chi connectivity index (χ0v) is 10.7. The molecule has 0 N–H and O–H groups in total. The average Bonchev–Trinajstić information content (AvgIpc) is 2.78. The number of hydrogen-bond donors (Lipinski definition) is 0. The van der Waals surface area contributed by atoms with E-state index in [0.717, 1.165) is 13.1 Å². The monoisotopic (exact) mass is 274 g/mol. The summed E-state index contributed by atoms with van der Waals surface area (Å²) in [6.07, 6.45) is 5.22. The molecule has 2 saturated heterocycles. The number of piperidine rings is 1. The molecule has 0 aromatic carbocycles. The van der Waals surface area contributed by atoms with Crippen molar-refractivity contribution in [2.24, 2.45) is 0 Å². The number of carbonyl (C=O) groups is 1. The number of nitrogens with zero attached hydrogens (tertiary/aromatic N) is 2. The van der Waals surface area contributed by atoms with E-state index in [1.54, 1.807) is 0 Å². The van der Waals surface area contributed by atoms with Crippen molar-refractivity contribution >= 4 is 21.8 Å². The molecule has 0 spiro atoms. The average molecular weight is 275 g/mol. The highest BCUT2D eigenvalue weighted by Gasteiger charge is 2.30. The molecule has 0 aliphatic carbocycles. The van der Waals surface area contributed by atoms with Crippen LogP contribution in [0.1, 0.15) is 25.7 Å². The van der Waals surface area contributed by atoms with Crippen molar-refractivity contribution in [2.75, 3.05) is 31.5 Å². The first-order valence-electron chi connectivity index (χ1n) is 5.89. The smallest absolute Gasteiger partial charge is 0.233 e. The van der Waals surface area contributed by atoms with Crippen molar-refractivity contribution in [1.82, 2.24) is 9.80 Å². The van der Waals surface area contributed by atoms with E-state index in [4.69, 9.17) is 0 Å². The number of amides is 1. The highest BCUT2D eigenvalue weighted by atomic mass is 79.9. The number of rotatable bonds is 2. The summed E-state index contributed by atoms with van der Waals surface area (Å²) in [4.78, 5) is 16.1. The van der Waals surface area contributed by atoms with Gasteiger partial charge in [0.2, 0.25) is 5.91 Å². The zero-order valence-electron chi connectivity index (χ0n) is 9.12. The fourth-order valence-corrected chi connectivity index (χ4v) is 2.99. The number of alkyl halides is 1. The van der Waals surface area contributed by atoms with Gasteiger partial charge >= 0.3 is 0 Å². The second kappa shape index (κ2) is 5.30. The van der Waals surface area contributed by atoms with E-state index in [-0.39, 0.29) is 5.91 Å². The van der Waals surface area contributed by atoms with Gasteiger partial charge in [0.15, 0.2) is 0 Å². The van der Waals surface area contributed by atoms with Gasteiger partial charge in [-0.3, -0.25) is 9.69 Å². The number of hydrogen-bond acceptors (Lipinski definition) is 2. The Morgan fingerprint density at radius 3 is 2.60 bits per heavy atom. The standard InChI is InChI=1S/C11H19BrN2O/c12-8-11(15)14-7-4-10(9-14)13-5-2-1-3-6-13/h10H,1-9H2.